The highest BCUT2D eigenvalue weighted by Gasteiger charge is 2.42. The molecule has 4 heteroatoms. The first-order chi connectivity index (χ1) is 7.91. The third-order valence-corrected chi connectivity index (χ3v) is 3.85. The van der Waals surface area contributed by atoms with E-state index in [2.05, 4.69) is 12.2 Å². The molecule has 96 valence electrons. The Kier molecular flexibility index (Phi) is 3.15. The fourth-order valence-electron chi connectivity index (χ4n) is 2.29. The summed E-state index contributed by atoms with van der Waals surface area (Å²) in [6.45, 7) is 7.55. The van der Waals surface area contributed by atoms with Crippen molar-refractivity contribution in [1.82, 2.24) is 10.2 Å². The molecular weight excluding hydrogens is 216 g/mol. The first-order valence-corrected chi connectivity index (χ1v) is 6.49. The van der Waals surface area contributed by atoms with Gasteiger partial charge in [0.05, 0.1) is 0 Å². The zero-order valence-corrected chi connectivity index (χ0v) is 11.0. The molecule has 2 amide bonds. The van der Waals surface area contributed by atoms with Gasteiger partial charge >= 0.3 is 0 Å². The Bertz CT molecular complexity index is 334. The van der Waals surface area contributed by atoms with Gasteiger partial charge in [0.15, 0.2) is 0 Å². The molecule has 0 spiro atoms. The standard InChI is InChI=1S/C13H22N2O2/c1-9(2)11-12(17)15(7-4-10(16)14-11)8-13(3)5-6-13/h9,11H,4-8H2,1-3H3,(H,14,16). The van der Waals surface area contributed by atoms with Crippen LogP contribution in [0.4, 0.5) is 0 Å². The van der Waals surface area contributed by atoms with Gasteiger partial charge in [-0.25, -0.2) is 0 Å². The Labute approximate surface area is 103 Å². The molecule has 17 heavy (non-hydrogen) atoms. The maximum absolute atomic E-state index is 12.3. The van der Waals surface area contributed by atoms with Crippen molar-refractivity contribution in [3.05, 3.63) is 0 Å². The summed E-state index contributed by atoms with van der Waals surface area (Å²) in [5.74, 6) is 0.249. The summed E-state index contributed by atoms with van der Waals surface area (Å²) in [6.07, 6.45) is 2.83. The highest BCUT2D eigenvalue weighted by atomic mass is 16.2. The summed E-state index contributed by atoms with van der Waals surface area (Å²) in [5, 5.41) is 2.83. The number of carbonyl (C=O) groups excluding carboxylic acids is 2. The van der Waals surface area contributed by atoms with Crippen LogP contribution in [0.3, 0.4) is 0 Å². The topological polar surface area (TPSA) is 49.4 Å². The summed E-state index contributed by atoms with van der Waals surface area (Å²) in [5.41, 5.74) is 0.310. The number of nitrogens with zero attached hydrogens (tertiary/aromatic N) is 1. The molecule has 2 aliphatic rings. The minimum Gasteiger partial charge on any atom is -0.344 e. The normalized spacial score (nSPS) is 28.0. The Balaban J connectivity index is 2.09. The van der Waals surface area contributed by atoms with Gasteiger partial charge in [0.25, 0.3) is 0 Å². The Morgan fingerprint density at radius 2 is 2.06 bits per heavy atom. The zero-order valence-electron chi connectivity index (χ0n) is 11.0. The number of nitrogens with one attached hydrogen (secondary N) is 1. The van der Waals surface area contributed by atoms with Crippen molar-refractivity contribution in [3.63, 3.8) is 0 Å². The molecule has 1 unspecified atom stereocenters. The second-order valence-electron chi connectivity index (χ2n) is 6.11. The predicted molar refractivity (Wildman–Crippen MR) is 65.3 cm³/mol. The fraction of sp³-hybridized carbons (Fsp3) is 0.846. The van der Waals surface area contributed by atoms with E-state index in [4.69, 9.17) is 0 Å². The molecule has 1 aliphatic heterocycles. The third-order valence-electron chi connectivity index (χ3n) is 3.85. The molecule has 0 aromatic heterocycles. The minimum atomic E-state index is -0.340. The van der Waals surface area contributed by atoms with E-state index in [0.29, 0.717) is 18.4 Å². The monoisotopic (exact) mass is 238 g/mol. The molecule has 0 aromatic rings. The highest BCUT2D eigenvalue weighted by molar-refractivity contribution is 5.90. The van der Waals surface area contributed by atoms with Crippen molar-refractivity contribution in [2.24, 2.45) is 11.3 Å². The van der Waals surface area contributed by atoms with Gasteiger partial charge in [-0.1, -0.05) is 20.8 Å². The summed E-state index contributed by atoms with van der Waals surface area (Å²) in [6, 6.07) is -0.340. The maximum Gasteiger partial charge on any atom is 0.245 e. The van der Waals surface area contributed by atoms with Crippen LogP contribution in [0, 0.1) is 11.3 Å². The molecule has 2 fully saturated rings. The van der Waals surface area contributed by atoms with E-state index < -0.39 is 0 Å². The Morgan fingerprint density at radius 3 is 2.59 bits per heavy atom. The van der Waals surface area contributed by atoms with Gasteiger partial charge in [0, 0.05) is 19.5 Å². The van der Waals surface area contributed by atoms with Crippen LogP contribution in [-0.2, 0) is 9.59 Å². The van der Waals surface area contributed by atoms with Crippen LogP contribution < -0.4 is 5.32 Å². The SMILES string of the molecule is CC(C)C1NC(=O)CCN(CC2(C)CC2)C1=O. The van der Waals surface area contributed by atoms with E-state index in [0.717, 1.165) is 6.54 Å². The van der Waals surface area contributed by atoms with Gasteiger partial charge in [-0.3, -0.25) is 9.59 Å². The molecule has 1 heterocycles. The lowest BCUT2D eigenvalue weighted by Crippen LogP contribution is -2.48. The summed E-state index contributed by atoms with van der Waals surface area (Å²) >= 11 is 0. The van der Waals surface area contributed by atoms with Gasteiger partial charge in [-0.05, 0) is 24.2 Å². The Hall–Kier alpha value is -1.06. The molecule has 0 aromatic carbocycles. The van der Waals surface area contributed by atoms with Crippen molar-refractivity contribution in [1.29, 1.82) is 0 Å². The number of rotatable bonds is 3. The fourth-order valence-corrected chi connectivity index (χ4v) is 2.29. The summed E-state index contributed by atoms with van der Waals surface area (Å²) < 4.78 is 0. The molecule has 2 rings (SSSR count). The van der Waals surface area contributed by atoms with Crippen LogP contribution in [0.1, 0.15) is 40.0 Å². The molecule has 1 atom stereocenters. The number of hydrogen-bond acceptors (Lipinski definition) is 2. The third kappa shape index (κ3) is 2.79. The predicted octanol–water partition coefficient (Wildman–Crippen LogP) is 1.16. The van der Waals surface area contributed by atoms with Crippen molar-refractivity contribution in [2.75, 3.05) is 13.1 Å². The van der Waals surface area contributed by atoms with Gasteiger partial charge < -0.3 is 10.2 Å². The largest absolute Gasteiger partial charge is 0.344 e. The van der Waals surface area contributed by atoms with E-state index in [1.165, 1.54) is 12.8 Å². The van der Waals surface area contributed by atoms with E-state index in [1.54, 1.807) is 0 Å². The molecular formula is C13H22N2O2. The van der Waals surface area contributed by atoms with E-state index in [9.17, 15) is 9.59 Å². The van der Waals surface area contributed by atoms with Crippen molar-refractivity contribution in [2.45, 2.75) is 46.1 Å². The lowest BCUT2D eigenvalue weighted by Gasteiger charge is -2.28. The van der Waals surface area contributed by atoms with Crippen LogP contribution >= 0.6 is 0 Å². The van der Waals surface area contributed by atoms with Crippen LogP contribution in [0.5, 0.6) is 0 Å². The molecule has 1 saturated heterocycles. The lowest BCUT2D eigenvalue weighted by molar-refractivity contribution is -0.135. The van der Waals surface area contributed by atoms with Crippen LogP contribution in [0.25, 0.3) is 0 Å². The van der Waals surface area contributed by atoms with Crippen LogP contribution in [0.2, 0.25) is 0 Å². The molecule has 1 saturated carbocycles. The van der Waals surface area contributed by atoms with Gasteiger partial charge in [0.1, 0.15) is 6.04 Å². The second kappa shape index (κ2) is 4.31. The van der Waals surface area contributed by atoms with Gasteiger partial charge in [-0.2, -0.15) is 0 Å². The molecule has 0 bridgehead atoms. The Morgan fingerprint density at radius 1 is 1.41 bits per heavy atom. The average molecular weight is 238 g/mol. The van der Waals surface area contributed by atoms with E-state index in [-0.39, 0.29) is 23.8 Å². The minimum absolute atomic E-state index is 0.000463. The highest BCUT2D eigenvalue weighted by Crippen LogP contribution is 2.45. The van der Waals surface area contributed by atoms with Crippen molar-refractivity contribution >= 4 is 11.8 Å². The smallest absolute Gasteiger partial charge is 0.245 e. The summed E-state index contributed by atoms with van der Waals surface area (Å²) in [7, 11) is 0. The van der Waals surface area contributed by atoms with Crippen LogP contribution in [-0.4, -0.2) is 35.8 Å². The maximum atomic E-state index is 12.3. The van der Waals surface area contributed by atoms with Crippen molar-refractivity contribution in [3.8, 4) is 0 Å². The van der Waals surface area contributed by atoms with Gasteiger partial charge in [-0.15, -0.1) is 0 Å². The number of amides is 2. The van der Waals surface area contributed by atoms with Crippen LogP contribution in [0.15, 0.2) is 0 Å². The first kappa shape index (κ1) is 12.4. The number of hydrogen-bond donors (Lipinski definition) is 1. The lowest BCUT2D eigenvalue weighted by atomic mass is 10.0. The average Bonchev–Trinajstić information content (AvgIpc) is 2.98. The van der Waals surface area contributed by atoms with Gasteiger partial charge in [0.2, 0.25) is 11.8 Å². The molecule has 4 nitrogen and oxygen atoms in total. The molecule has 0 radical (unpaired) electrons. The zero-order chi connectivity index (χ0) is 12.6. The first-order valence-electron chi connectivity index (χ1n) is 6.49. The van der Waals surface area contributed by atoms with E-state index in [1.807, 2.05) is 18.7 Å². The quantitative estimate of drug-likeness (QED) is 0.802. The number of carbonyl (C=O) groups is 2. The summed E-state index contributed by atoms with van der Waals surface area (Å²) in [4.78, 5) is 25.8. The molecule has 1 N–H and O–H groups in total. The second-order valence-corrected chi connectivity index (χ2v) is 6.11. The van der Waals surface area contributed by atoms with Crippen molar-refractivity contribution < 1.29 is 9.59 Å². The van der Waals surface area contributed by atoms with E-state index >= 15 is 0 Å². The molecule has 1 aliphatic carbocycles.